The van der Waals surface area contributed by atoms with E-state index in [0.29, 0.717) is 0 Å². The molecule has 1 fully saturated rings. The molecule has 0 saturated carbocycles. The summed E-state index contributed by atoms with van der Waals surface area (Å²) in [6.45, 7) is 2.67. The van der Waals surface area contributed by atoms with E-state index < -0.39 is 0 Å². The van der Waals surface area contributed by atoms with Gasteiger partial charge in [-0.25, -0.2) is 0 Å². The maximum atomic E-state index is 5.02. The molecule has 0 spiro atoms. The highest BCUT2D eigenvalue weighted by Crippen LogP contribution is 2.23. The number of rotatable bonds is 3. The zero-order valence-corrected chi connectivity index (χ0v) is 7.06. The predicted molar refractivity (Wildman–Crippen MR) is 45.6 cm³/mol. The zero-order valence-electron chi connectivity index (χ0n) is 6.25. The van der Waals surface area contributed by atoms with E-state index in [2.05, 4.69) is 5.16 Å². The molecule has 0 aromatic rings. The molecule has 0 aliphatic carbocycles. The predicted octanol–water partition coefficient (Wildman–Crippen LogP) is 1.76. The highest BCUT2D eigenvalue weighted by Gasteiger charge is 2.15. The second-order valence-electron chi connectivity index (χ2n) is 2.39. The first-order valence-corrected chi connectivity index (χ1v) is 4.76. The van der Waals surface area contributed by atoms with Crippen LogP contribution in [0.2, 0.25) is 0 Å². The fraction of sp³-hybridized carbons (Fsp3) is 0.857. The second-order valence-corrected chi connectivity index (χ2v) is 3.54. The number of thioether (sulfide) groups is 1. The van der Waals surface area contributed by atoms with Crippen LogP contribution in [0.4, 0.5) is 0 Å². The van der Waals surface area contributed by atoms with Crippen molar-refractivity contribution in [3.05, 3.63) is 0 Å². The highest BCUT2D eigenvalue weighted by atomic mass is 32.2. The minimum Gasteiger partial charge on any atom is -0.396 e. The van der Waals surface area contributed by atoms with Crippen LogP contribution < -0.4 is 0 Å². The summed E-state index contributed by atoms with van der Waals surface area (Å²) in [6, 6.07) is 0. The molecule has 58 valence electrons. The highest BCUT2D eigenvalue weighted by molar-refractivity contribution is 7.99. The molecule has 0 aromatic carbocycles. The van der Waals surface area contributed by atoms with E-state index in [-0.39, 0.29) is 0 Å². The molecule has 2 nitrogen and oxygen atoms in total. The van der Waals surface area contributed by atoms with Crippen molar-refractivity contribution in [2.45, 2.75) is 13.3 Å². The van der Waals surface area contributed by atoms with E-state index in [0.717, 1.165) is 12.5 Å². The molecule has 0 bridgehead atoms. The fourth-order valence-electron chi connectivity index (χ4n) is 0.938. The molecule has 0 radical (unpaired) electrons. The normalized spacial score (nSPS) is 25.9. The fourth-order valence-corrected chi connectivity index (χ4v) is 2.20. The Morgan fingerprint density at radius 1 is 1.80 bits per heavy atom. The Hall–Kier alpha value is -0.180. The van der Waals surface area contributed by atoms with Gasteiger partial charge >= 0.3 is 0 Å². The molecular formula is C7H13NOS. The SMILES string of the molecule is C/C=N/OCC1CCSC1. The minimum atomic E-state index is 0.744. The van der Waals surface area contributed by atoms with Crippen molar-refractivity contribution in [2.24, 2.45) is 11.1 Å². The topological polar surface area (TPSA) is 21.6 Å². The lowest BCUT2D eigenvalue weighted by atomic mass is 10.1. The molecule has 1 heterocycles. The molecule has 10 heavy (non-hydrogen) atoms. The lowest BCUT2D eigenvalue weighted by Crippen LogP contribution is -2.05. The molecule has 1 atom stereocenters. The van der Waals surface area contributed by atoms with Gasteiger partial charge in [0.1, 0.15) is 6.61 Å². The van der Waals surface area contributed by atoms with Gasteiger partial charge in [-0.1, -0.05) is 5.16 Å². The van der Waals surface area contributed by atoms with Gasteiger partial charge in [-0.3, -0.25) is 0 Å². The Morgan fingerprint density at radius 3 is 3.30 bits per heavy atom. The first-order chi connectivity index (χ1) is 4.93. The van der Waals surface area contributed by atoms with Crippen LogP contribution in [0, 0.1) is 5.92 Å². The van der Waals surface area contributed by atoms with Crippen molar-refractivity contribution in [3.8, 4) is 0 Å². The van der Waals surface area contributed by atoms with Crippen LogP contribution in [0.3, 0.4) is 0 Å². The van der Waals surface area contributed by atoms with Crippen LogP contribution in [-0.4, -0.2) is 24.3 Å². The first-order valence-electron chi connectivity index (χ1n) is 3.61. The number of hydrogen-bond donors (Lipinski definition) is 0. The maximum Gasteiger partial charge on any atom is 0.120 e. The van der Waals surface area contributed by atoms with E-state index >= 15 is 0 Å². The molecule has 1 unspecified atom stereocenters. The maximum absolute atomic E-state index is 5.02. The summed E-state index contributed by atoms with van der Waals surface area (Å²) in [4.78, 5) is 5.02. The summed E-state index contributed by atoms with van der Waals surface area (Å²) in [5.41, 5.74) is 0. The number of hydrogen-bond acceptors (Lipinski definition) is 3. The summed E-state index contributed by atoms with van der Waals surface area (Å²) in [6.07, 6.45) is 2.98. The van der Waals surface area contributed by atoms with Crippen LogP contribution in [-0.2, 0) is 4.84 Å². The van der Waals surface area contributed by atoms with E-state index in [4.69, 9.17) is 4.84 Å². The van der Waals surface area contributed by atoms with Gasteiger partial charge in [0.25, 0.3) is 0 Å². The molecule has 0 aromatic heterocycles. The van der Waals surface area contributed by atoms with Crippen LogP contribution in [0.15, 0.2) is 5.16 Å². The van der Waals surface area contributed by atoms with Crippen molar-refractivity contribution in [2.75, 3.05) is 18.1 Å². The molecule has 1 aliphatic rings. The lowest BCUT2D eigenvalue weighted by Gasteiger charge is -2.03. The Kier molecular flexibility index (Phi) is 3.65. The van der Waals surface area contributed by atoms with E-state index in [1.54, 1.807) is 6.21 Å². The molecule has 1 aliphatic heterocycles. The summed E-state index contributed by atoms with van der Waals surface area (Å²) in [5.74, 6) is 3.29. The first kappa shape index (κ1) is 7.92. The van der Waals surface area contributed by atoms with Crippen LogP contribution in [0.25, 0.3) is 0 Å². The van der Waals surface area contributed by atoms with Gasteiger partial charge in [0.05, 0.1) is 0 Å². The average molecular weight is 159 g/mol. The monoisotopic (exact) mass is 159 g/mol. The quantitative estimate of drug-likeness (QED) is 0.462. The van der Waals surface area contributed by atoms with E-state index in [1.165, 1.54) is 17.9 Å². The van der Waals surface area contributed by atoms with E-state index in [1.807, 2.05) is 18.7 Å². The third-order valence-electron chi connectivity index (χ3n) is 1.51. The second kappa shape index (κ2) is 4.61. The largest absolute Gasteiger partial charge is 0.396 e. The van der Waals surface area contributed by atoms with Crippen molar-refractivity contribution >= 4 is 18.0 Å². The van der Waals surface area contributed by atoms with Gasteiger partial charge < -0.3 is 4.84 Å². The van der Waals surface area contributed by atoms with Gasteiger partial charge in [0.15, 0.2) is 0 Å². The van der Waals surface area contributed by atoms with Gasteiger partial charge in [-0.05, 0) is 24.9 Å². The van der Waals surface area contributed by atoms with Crippen molar-refractivity contribution in [3.63, 3.8) is 0 Å². The molecule has 3 heteroatoms. The van der Waals surface area contributed by atoms with Gasteiger partial charge in [0, 0.05) is 12.1 Å². The van der Waals surface area contributed by atoms with Crippen molar-refractivity contribution < 1.29 is 4.84 Å². The number of oxime groups is 1. The molecule has 0 amide bonds. The standard InChI is InChI=1S/C7H13NOS/c1-2-8-9-5-7-3-4-10-6-7/h2,7H,3-6H2,1H3/b8-2+. The lowest BCUT2D eigenvalue weighted by molar-refractivity contribution is 0.116. The van der Waals surface area contributed by atoms with Crippen molar-refractivity contribution in [1.29, 1.82) is 0 Å². The van der Waals surface area contributed by atoms with Crippen LogP contribution >= 0.6 is 11.8 Å². The summed E-state index contributed by atoms with van der Waals surface area (Å²) < 4.78 is 0. The molecular weight excluding hydrogens is 146 g/mol. The average Bonchev–Trinajstić information content (AvgIpc) is 2.41. The van der Waals surface area contributed by atoms with Crippen LogP contribution in [0.1, 0.15) is 13.3 Å². The third-order valence-corrected chi connectivity index (χ3v) is 2.75. The smallest absolute Gasteiger partial charge is 0.120 e. The summed E-state index contributed by atoms with van der Waals surface area (Å²) >= 11 is 2.01. The molecule has 0 N–H and O–H groups in total. The van der Waals surface area contributed by atoms with Crippen molar-refractivity contribution in [1.82, 2.24) is 0 Å². The van der Waals surface area contributed by atoms with Gasteiger partial charge in [-0.2, -0.15) is 11.8 Å². The number of nitrogens with zero attached hydrogens (tertiary/aromatic N) is 1. The Morgan fingerprint density at radius 2 is 2.70 bits per heavy atom. The molecule has 1 rings (SSSR count). The minimum absolute atomic E-state index is 0.744. The van der Waals surface area contributed by atoms with E-state index in [9.17, 15) is 0 Å². The zero-order chi connectivity index (χ0) is 7.23. The van der Waals surface area contributed by atoms with Gasteiger partial charge in [-0.15, -0.1) is 0 Å². The summed E-state index contributed by atoms with van der Waals surface area (Å²) in [5, 5.41) is 3.70. The Labute approximate surface area is 66.0 Å². The van der Waals surface area contributed by atoms with Crippen LogP contribution in [0.5, 0.6) is 0 Å². The molecule has 1 saturated heterocycles. The Balaban J connectivity index is 2.01. The van der Waals surface area contributed by atoms with Gasteiger partial charge in [0.2, 0.25) is 0 Å². The Bertz CT molecular complexity index is 110. The third kappa shape index (κ3) is 2.60. The summed E-state index contributed by atoms with van der Waals surface area (Å²) in [7, 11) is 0.